The SMILES string of the molecule is C#CC(C)(C)NC(=O)C(C)Br. The summed E-state index contributed by atoms with van der Waals surface area (Å²) in [5.41, 5.74) is -0.556. The van der Waals surface area contributed by atoms with E-state index < -0.39 is 5.54 Å². The molecule has 2 nitrogen and oxygen atoms in total. The van der Waals surface area contributed by atoms with Crippen molar-refractivity contribution in [3.8, 4) is 12.3 Å². The minimum absolute atomic E-state index is 0.0899. The lowest BCUT2D eigenvalue weighted by Gasteiger charge is -2.20. The number of nitrogens with one attached hydrogen (secondary N) is 1. The number of carbonyl (C=O) groups is 1. The fraction of sp³-hybridized carbons (Fsp3) is 0.625. The number of alkyl halides is 1. The Hall–Kier alpha value is -0.490. The minimum Gasteiger partial charge on any atom is -0.339 e. The number of carbonyl (C=O) groups excluding carboxylic acids is 1. The van der Waals surface area contributed by atoms with E-state index in [1.54, 1.807) is 20.8 Å². The summed E-state index contributed by atoms with van der Waals surface area (Å²) < 4.78 is 0. The molecule has 0 aromatic rings. The molecule has 0 saturated heterocycles. The summed E-state index contributed by atoms with van der Waals surface area (Å²) in [5.74, 6) is 2.38. The Kier molecular flexibility index (Phi) is 3.61. The largest absolute Gasteiger partial charge is 0.339 e. The van der Waals surface area contributed by atoms with E-state index in [-0.39, 0.29) is 10.7 Å². The van der Waals surface area contributed by atoms with E-state index in [1.807, 2.05) is 0 Å². The van der Waals surface area contributed by atoms with Gasteiger partial charge in [0.1, 0.15) is 0 Å². The van der Waals surface area contributed by atoms with Crippen molar-refractivity contribution in [2.24, 2.45) is 0 Å². The fourth-order valence-electron chi connectivity index (χ4n) is 0.444. The lowest BCUT2D eigenvalue weighted by Crippen LogP contribution is -2.44. The van der Waals surface area contributed by atoms with Gasteiger partial charge in [0.15, 0.2) is 0 Å². The minimum atomic E-state index is -0.556. The predicted molar refractivity (Wildman–Crippen MR) is 49.4 cm³/mol. The van der Waals surface area contributed by atoms with E-state index in [0.29, 0.717) is 0 Å². The van der Waals surface area contributed by atoms with E-state index in [0.717, 1.165) is 0 Å². The monoisotopic (exact) mass is 217 g/mol. The average molecular weight is 218 g/mol. The molecule has 0 bridgehead atoms. The summed E-state index contributed by atoms with van der Waals surface area (Å²) in [4.78, 5) is 10.9. The molecule has 0 heterocycles. The van der Waals surface area contributed by atoms with Gasteiger partial charge in [0.05, 0.1) is 10.4 Å². The van der Waals surface area contributed by atoms with Crippen molar-refractivity contribution >= 4 is 21.8 Å². The molecule has 0 aromatic carbocycles. The molecular formula is C8H12BrNO. The Morgan fingerprint density at radius 1 is 1.73 bits per heavy atom. The van der Waals surface area contributed by atoms with Gasteiger partial charge in [-0.15, -0.1) is 6.42 Å². The molecule has 0 saturated carbocycles. The average Bonchev–Trinajstić information content (AvgIpc) is 1.87. The first-order chi connectivity index (χ1) is 4.89. The molecule has 1 unspecified atom stereocenters. The molecule has 3 heteroatoms. The van der Waals surface area contributed by atoms with Crippen LogP contribution in [0.3, 0.4) is 0 Å². The zero-order valence-corrected chi connectivity index (χ0v) is 8.53. The Morgan fingerprint density at radius 3 is 2.45 bits per heavy atom. The van der Waals surface area contributed by atoms with Crippen molar-refractivity contribution in [2.45, 2.75) is 31.1 Å². The van der Waals surface area contributed by atoms with Gasteiger partial charge in [0.2, 0.25) is 5.91 Å². The first-order valence-electron chi connectivity index (χ1n) is 3.33. The van der Waals surface area contributed by atoms with Gasteiger partial charge in [0, 0.05) is 0 Å². The molecule has 0 spiro atoms. The highest BCUT2D eigenvalue weighted by Crippen LogP contribution is 2.03. The molecule has 1 atom stereocenters. The van der Waals surface area contributed by atoms with Crippen LogP contribution in [0.1, 0.15) is 20.8 Å². The summed E-state index contributed by atoms with van der Waals surface area (Å²) in [5, 5.41) is 2.68. The van der Waals surface area contributed by atoms with Crippen molar-refractivity contribution < 1.29 is 4.79 Å². The first kappa shape index (κ1) is 10.5. The van der Waals surface area contributed by atoms with Gasteiger partial charge in [-0.25, -0.2) is 0 Å². The van der Waals surface area contributed by atoms with Crippen molar-refractivity contribution in [3.05, 3.63) is 0 Å². The van der Waals surface area contributed by atoms with Crippen molar-refractivity contribution in [1.29, 1.82) is 0 Å². The van der Waals surface area contributed by atoms with Gasteiger partial charge < -0.3 is 5.32 Å². The Bertz CT molecular complexity index is 191. The molecule has 0 radical (unpaired) electrons. The van der Waals surface area contributed by atoms with Gasteiger partial charge >= 0.3 is 0 Å². The highest BCUT2D eigenvalue weighted by Gasteiger charge is 2.19. The number of amides is 1. The van der Waals surface area contributed by atoms with Crippen molar-refractivity contribution in [3.63, 3.8) is 0 Å². The van der Waals surface area contributed by atoms with E-state index in [2.05, 4.69) is 27.2 Å². The second-order valence-corrected chi connectivity index (χ2v) is 4.25. The van der Waals surface area contributed by atoms with Crippen LogP contribution >= 0.6 is 15.9 Å². The first-order valence-corrected chi connectivity index (χ1v) is 4.24. The van der Waals surface area contributed by atoms with Crippen LogP contribution in [0, 0.1) is 12.3 Å². The zero-order valence-electron chi connectivity index (χ0n) is 6.94. The van der Waals surface area contributed by atoms with Crippen LogP contribution < -0.4 is 5.32 Å². The fourth-order valence-corrected chi connectivity index (χ4v) is 0.558. The highest BCUT2D eigenvalue weighted by atomic mass is 79.9. The second kappa shape index (κ2) is 3.77. The van der Waals surface area contributed by atoms with Gasteiger partial charge in [-0.2, -0.15) is 0 Å². The number of hydrogen-bond acceptors (Lipinski definition) is 1. The molecule has 11 heavy (non-hydrogen) atoms. The van der Waals surface area contributed by atoms with E-state index in [9.17, 15) is 4.79 Å². The van der Waals surface area contributed by atoms with Crippen molar-refractivity contribution in [2.75, 3.05) is 0 Å². The number of hydrogen-bond donors (Lipinski definition) is 1. The van der Waals surface area contributed by atoms with Crippen LogP contribution in [-0.4, -0.2) is 16.3 Å². The summed E-state index contributed by atoms with van der Waals surface area (Å²) in [6, 6.07) is 0. The lowest BCUT2D eigenvalue weighted by molar-refractivity contribution is -0.121. The molecule has 0 fully saturated rings. The normalized spacial score (nSPS) is 13.4. The zero-order chi connectivity index (χ0) is 9.07. The Morgan fingerprint density at radius 2 is 2.18 bits per heavy atom. The molecular weight excluding hydrogens is 206 g/mol. The molecule has 1 amide bonds. The second-order valence-electron chi connectivity index (χ2n) is 2.87. The van der Waals surface area contributed by atoms with Crippen molar-refractivity contribution in [1.82, 2.24) is 5.32 Å². The maximum absolute atomic E-state index is 11.1. The van der Waals surface area contributed by atoms with Crippen LogP contribution in [0.25, 0.3) is 0 Å². The van der Waals surface area contributed by atoms with Crippen LogP contribution in [-0.2, 0) is 4.79 Å². The third kappa shape index (κ3) is 4.05. The number of terminal acetylenes is 1. The summed E-state index contributed by atoms with van der Waals surface area (Å²) in [6.07, 6.45) is 5.17. The van der Waals surface area contributed by atoms with E-state index in [4.69, 9.17) is 6.42 Å². The molecule has 0 aliphatic carbocycles. The van der Waals surface area contributed by atoms with E-state index in [1.165, 1.54) is 0 Å². The molecule has 0 aliphatic heterocycles. The third-order valence-corrected chi connectivity index (χ3v) is 1.57. The molecule has 0 aliphatic rings. The van der Waals surface area contributed by atoms with Crippen LogP contribution in [0.15, 0.2) is 0 Å². The Balaban J connectivity index is 4.08. The smallest absolute Gasteiger partial charge is 0.234 e. The molecule has 0 rings (SSSR count). The molecule has 62 valence electrons. The van der Waals surface area contributed by atoms with Crippen LogP contribution in [0.5, 0.6) is 0 Å². The van der Waals surface area contributed by atoms with Gasteiger partial charge in [-0.05, 0) is 20.8 Å². The lowest BCUT2D eigenvalue weighted by atomic mass is 10.1. The number of halogens is 1. The molecule has 1 N–H and O–H groups in total. The maximum Gasteiger partial charge on any atom is 0.234 e. The Labute approximate surface area is 75.9 Å². The summed E-state index contributed by atoms with van der Waals surface area (Å²) in [7, 11) is 0. The number of rotatable bonds is 2. The van der Waals surface area contributed by atoms with Crippen LogP contribution in [0.4, 0.5) is 0 Å². The third-order valence-electron chi connectivity index (χ3n) is 1.16. The van der Waals surface area contributed by atoms with Gasteiger partial charge in [0.25, 0.3) is 0 Å². The highest BCUT2D eigenvalue weighted by molar-refractivity contribution is 9.10. The van der Waals surface area contributed by atoms with E-state index >= 15 is 0 Å². The topological polar surface area (TPSA) is 29.1 Å². The van der Waals surface area contributed by atoms with Crippen LogP contribution in [0.2, 0.25) is 0 Å². The summed E-state index contributed by atoms with van der Waals surface area (Å²) >= 11 is 3.14. The standard InChI is InChI=1S/C8H12BrNO/c1-5-8(3,4)10-7(11)6(2)9/h1,6H,2-4H3,(H,10,11). The quantitative estimate of drug-likeness (QED) is 0.549. The molecule has 0 aromatic heterocycles. The van der Waals surface area contributed by atoms with Gasteiger partial charge in [-0.3, -0.25) is 4.79 Å². The maximum atomic E-state index is 11.1. The predicted octanol–water partition coefficient (Wildman–Crippen LogP) is 1.30. The summed E-state index contributed by atoms with van der Waals surface area (Å²) in [6.45, 7) is 5.31. The van der Waals surface area contributed by atoms with Gasteiger partial charge in [-0.1, -0.05) is 21.9 Å².